The fraction of sp³-hybridized carbons (Fsp3) is 0.190. The average Bonchev–Trinajstić information content (AvgIpc) is 3.07. The van der Waals surface area contributed by atoms with Crippen LogP contribution in [0.15, 0.2) is 59.8 Å². The first-order valence-corrected chi connectivity index (χ1v) is 9.12. The van der Waals surface area contributed by atoms with Gasteiger partial charge in [-0.1, -0.05) is 18.2 Å². The number of hydrogen-bond donors (Lipinski definition) is 0. The minimum Gasteiger partial charge on any atom is -0.473 e. The van der Waals surface area contributed by atoms with Gasteiger partial charge in [-0.3, -0.25) is 4.98 Å². The molecule has 0 fully saturated rings. The van der Waals surface area contributed by atoms with E-state index in [0.29, 0.717) is 11.6 Å². The van der Waals surface area contributed by atoms with Gasteiger partial charge in [0.25, 0.3) is 0 Å². The summed E-state index contributed by atoms with van der Waals surface area (Å²) < 4.78 is 8.47. The van der Waals surface area contributed by atoms with E-state index in [-0.39, 0.29) is 12.3 Å². The van der Waals surface area contributed by atoms with Crippen LogP contribution in [-0.2, 0) is 13.7 Å². The number of benzene rings is 1. The first kappa shape index (κ1) is 18.5. The standard InChI is InChI=1S/C21H20N6O2/c1-14-6-4-8-19(27-21(28)26(3)24-25-27)18(14)13-29-20-15(2)10-17(12-23-20)16-7-5-9-22-11-16/h4-12H,13H2,1-3H3. The highest BCUT2D eigenvalue weighted by atomic mass is 16.5. The predicted octanol–water partition coefficient (Wildman–Crippen LogP) is 2.62. The monoisotopic (exact) mass is 388 g/mol. The van der Waals surface area contributed by atoms with E-state index in [0.717, 1.165) is 27.8 Å². The number of aromatic nitrogens is 6. The van der Waals surface area contributed by atoms with Crippen LogP contribution in [0.2, 0.25) is 0 Å². The molecule has 0 atom stereocenters. The minimum atomic E-state index is -0.313. The normalized spacial score (nSPS) is 10.9. The Bertz CT molecular complexity index is 1210. The molecule has 3 aromatic heterocycles. The SMILES string of the molecule is Cc1cc(-c2cccnc2)cnc1OCc1c(C)cccc1-n1nnn(C)c1=O. The lowest BCUT2D eigenvalue weighted by Gasteiger charge is -2.14. The molecule has 29 heavy (non-hydrogen) atoms. The van der Waals surface area contributed by atoms with Gasteiger partial charge in [0.2, 0.25) is 5.88 Å². The lowest BCUT2D eigenvalue weighted by Crippen LogP contribution is -2.23. The largest absolute Gasteiger partial charge is 0.473 e. The van der Waals surface area contributed by atoms with Gasteiger partial charge in [-0.15, -0.1) is 0 Å². The van der Waals surface area contributed by atoms with E-state index < -0.39 is 0 Å². The summed E-state index contributed by atoms with van der Waals surface area (Å²) in [5, 5.41) is 7.74. The summed E-state index contributed by atoms with van der Waals surface area (Å²) >= 11 is 0. The van der Waals surface area contributed by atoms with Crippen molar-refractivity contribution in [2.75, 3.05) is 0 Å². The molecule has 8 nitrogen and oxygen atoms in total. The summed E-state index contributed by atoms with van der Waals surface area (Å²) in [4.78, 5) is 20.9. The van der Waals surface area contributed by atoms with Crippen LogP contribution in [0.5, 0.6) is 5.88 Å². The Balaban J connectivity index is 1.62. The summed E-state index contributed by atoms with van der Waals surface area (Å²) in [6, 6.07) is 11.6. The fourth-order valence-electron chi connectivity index (χ4n) is 3.08. The molecule has 0 aliphatic rings. The first-order valence-electron chi connectivity index (χ1n) is 9.12. The third kappa shape index (κ3) is 3.64. The maximum Gasteiger partial charge on any atom is 0.368 e. The van der Waals surface area contributed by atoms with Crippen molar-refractivity contribution in [3.63, 3.8) is 0 Å². The fourth-order valence-corrected chi connectivity index (χ4v) is 3.08. The molecule has 0 spiro atoms. The van der Waals surface area contributed by atoms with E-state index >= 15 is 0 Å². The number of nitrogens with zero attached hydrogens (tertiary/aromatic N) is 6. The van der Waals surface area contributed by atoms with Crippen LogP contribution in [0.3, 0.4) is 0 Å². The molecular weight excluding hydrogens is 368 g/mol. The number of aryl methyl sites for hydroxylation is 3. The zero-order valence-electron chi connectivity index (χ0n) is 16.4. The number of pyridine rings is 2. The van der Waals surface area contributed by atoms with Crippen LogP contribution in [-0.4, -0.2) is 29.8 Å². The second-order valence-corrected chi connectivity index (χ2v) is 6.75. The van der Waals surface area contributed by atoms with Gasteiger partial charge >= 0.3 is 5.69 Å². The van der Waals surface area contributed by atoms with Gasteiger partial charge < -0.3 is 4.74 Å². The van der Waals surface area contributed by atoms with Crippen LogP contribution in [0.4, 0.5) is 0 Å². The number of rotatable bonds is 5. The van der Waals surface area contributed by atoms with Crippen LogP contribution >= 0.6 is 0 Å². The molecule has 4 rings (SSSR count). The van der Waals surface area contributed by atoms with Gasteiger partial charge in [-0.05, 0) is 48.0 Å². The lowest BCUT2D eigenvalue weighted by molar-refractivity contribution is 0.290. The van der Waals surface area contributed by atoms with Gasteiger partial charge in [0.05, 0.1) is 5.69 Å². The van der Waals surface area contributed by atoms with Crippen molar-refractivity contribution in [1.29, 1.82) is 0 Å². The molecular formula is C21H20N6O2. The quantitative estimate of drug-likeness (QED) is 0.522. The Morgan fingerprint density at radius 3 is 2.55 bits per heavy atom. The van der Waals surface area contributed by atoms with E-state index in [1.54, 1.807) is 25.6 Å². The maximum absolute atomic E-state index is 12.3. The molecule has 0 bridgehead atoms. The Morgan fingerprint density at radius 1 is 1.00 bits per heavy atom. The molecule has 1 aromatic carbocycles. The smallest absolute Gasteiger partial charge is 0.368 e. The van der Waals surface area contributed by atoms with Crippen molar-refractivity contribution in [2.24, 2.45) is 7.05 Å². The summed E-state index contributed by atoms with van der Waals surface area (Å²) in [6.07, 6.45) is 5.31. The highest BCUT2D eigenvalue weighted by Gasteiger charge is 2.14. The van der Waals surface area contributed by atoms with Gasteiger partial charge in [0.1, 0.15) is 6.61 Å². The zero-order chi connectivity index (χ0) is 20.4. The third-order valence-corrected chi connectivity index (χ3v) is 4.71. The van der Waals surface area contributed by atoms with Gasteiger partial charge in [-0.25, -0.2) is 9.78 Å². The molecule has 8 heteroatoms. The summed E-state index contributed by atoms with van der Waals surface area (Å²) in [7, 11) is 1.56. The number of ether oxygens (including phenoxy) is 1. The Kier molecular flexibility index (Phi) is 4.90. The van der Waals surface area contributed by atoms with E-state index in [1.807, 2.05) is 50.2 Å². The number of tetrazole rings is 1. The van der Waals surface area contributed by atoms with Crippen molar-refractivity contribution in [1.82, 2.24) is 29.8 Å². The van der Waals surface area contributed by atoms with Crippen LogP contribution in [0.1, 0.15) is 16.7 Å². The van der Waals surface area contributed by atoms with Gasteiger partial charge in [-0.2, -0.15) is 9.36 Å². The van der Waals surface area contributed by atoms with Crippen molar-refractivity contribution >= 4 is 0 Å². The Labute approximate surface area is 167 Å². The molecule has 146 valence electrons. The second kappa shape index (κ2) is 7.67. The molecule has 3 heterocycles. The van der Waals surface area contributed by atoms with Crippen molar-refractivity contribution in [3.8, 4) is 22.7 Å². The predicted molar refractivity (Wildman–Crippen MR) is 108 cm³/mol. The van der Waals surface area contributed by atoms with Crippen molar-refractivity contribution in [3.05, 3.63) is 82.2 Å². The maximum atomic E-state index is 12.3. The first-order chi connectivity index (χ1) is 14.0. The molecule has 0 aliphatic heterocycles. The van der Waals surface area contributed by atoms with Gasteiger partial charge in [0.15, 0.2) is 0 Å². The zero-order valence-corrected chi connectivity index (χ0v) is 16.4. The topological polar surface area (TPSA) is 87.7 Å². The van der Waals surface area contributed by atoms with E-state index in [1.165, 1.54) is 9.36 Å². The van der Waals surface area contributed by atoms with Crippen LogP contribution in [0, 0.1) is 13.8 Å². The van der Waals surface area contributed by atoms with Crippen LogP contribution < -0.4 is 10.4 Å². The molecule has 0 amide bonds. The summed E-state index contributed by atoms with van der Waals surface area (Å²) in [5.41, 5.74) is 5.07. The van der Waals surface area contributed by atoms with Crippen molar-refractivity contribution < 1.29 is 4.74 Å². The molecule has 0 radical (unpaired) electrons. The third-order valence-electron chi connectivity index (χ3n) is 4.71. The lowest BCUT2D eigenvalue weighted by atomic mass is 10.1. The molecule has 4 aromatic rings. The summed E-state index contributed by atoms with van der Waals surface area (Å²) in [5.74, 6) is 0.540. The molecule has 0 saturated heterocycles. The molecule has 0 unspecified atom stereocenters. The highest BCUT2D eigenvalue weighted by molar-refractivity contribution is 5.62. The van der Waals surface area contributed by atoms with E-state index in [4.69, 9.17) is 4.74 Å². The Morgan fingerprint density at radius 2 is 1.86 bits per heavy atom. The molecule has 0 saturated carbocycles. The minimum absolute atomic E-state index is 0.255. The average molecular weight is 388 g/mol. The van der Waals surface area contributed by atoms with Crippen LogP contribution in [0.25, 0.3) is 16.8 Å². The van der Waals surface area contributed by atoms with E-state index in [9.17, 15) is 4.79 Å². The van der Waals surface area contributed by atoms with Gasteiger partial charge in [0, 0.05) is 47.9 Å². The molecule has 0 N–H and O–H groups in total. The molecule has 0 aliphatic carbocycles. The second-order valence-electron chi connectivity index (χ2n) is 6.75. The Hall–Kier alpha value is -3.81. The van der Waals surface area contributed by atoms with Crippen molar-refractivity contribution in [2.45, 2.75) is 20.5 Å². The van der Waals surface area contributed by atoms with E-state index in [2.05, 4.69) is 20.4 Å². The highest BCUT2D eigenvalue weighted by Crippen LogP contribution is 2.25. The summed E-state index contributed by atoms with van der Waals surface area (Å²) in [6.45, 7) is 4.18. The number of hydrogen-bond acceptors (Lipinski definition) is 6.